The fourth-order valence-corrected chi connectivity index (χ4v) is 3.49. The van der Waals surface area contributed by atoms with E-state index in [0.29, 0.717) is 6.42 Å². The van der Waals surface area contributed by atoms with Crippen molar-refractivity contribution in [2.45, 2.75) is 103 Å². The van der Waals surface area contributed by atoms with E-state index in [1.807, 2.05) is 0 Å². The highest BCUT2D eigenvalue weighted by atomic mass is 31.2. The van der Waals surface area contributed by atoms with Gasteiger partial charge in [0.05, 0.1) is 6.61 Å². The predicted molar refractivity (Wildman–Crippen MR) is 141 cm³/mol. The second kappa shape index (κ2) is 23.7. The minimum Gasteiger partial charge on any atom is -0.456 e. The van der Waals surface area contributed by atoms with Crippen molar-refractivity contribution in [2.75, 3.05) is 13.2 Å². The highest BCUT2D eigenvalue weighted by molar-refractivity contribution is 7.46. The van der Waals surface area contributed by atoms with E-state index in [-0.39, 0.29) is 6.42 Å². The molecular weight excluding hydrogens is 495 g/mol. The molecule has 0 saturated heterocycles. The van der Waals surface area contributed by atoms with Gasteiger partial charge in [-0.05, 0) is 48.9 Å². The summed E-state index contributed by atoms with van der Waals surface area (Å²) >= 11 is 0. The van der Waals surface area contributed by atoms with Gasteiger partial charge in [0.1, 0.15) is 6.61 Å². The third kappa shape index (κ3) is 26.2. The van der Waals surface area contributed by atoms with Gasteiger partial charge in [-0.2, -0.15) is 0 Å². The van der Waals surface area contributed by atoms with Gasteiger partial charge < -0.3 is 19.3 Å². The van der Waals surface area contributed by atoms with Crippen LogP contribution in [0, 0.1) is 47.4 Å². The number of carbonyl (C=O) groups excluding carboxylic acids is 2. The molecule has 8 nitrogen and oxygen atoms in total. The molecule has 0 spiro atoms. The molecule has 1 atom stereocenters. The summed E-state index contributed by atoms with van der Waals surface area (Å²) in [6.07, 6.45) is 12.9. The average Bonchev–Trinajstić information content (AvgIpc) is 2.85. The first kappa shape index (κ1) is 34.3. The molecule has 0 bridgehead atoms. The van der Waals surface area contributed by atoms with E-state index in [9.17, 15) is 14.2 Å². The summed E-state index contributed by atoms with van der Waals surface area (Å²) in [5, 5.41) is 0. The monoisotopic (exact) mass is 534 g/mol. The zero-order chi connectivity index (χ0) is 27.6. The average molecular weight is 535 g/mol. The zero-order valence-corrected chi connectivity index (χ0v) is 22.9. The number of esters is 2. The maximum absolute atomic E-state index is 12.1. The van der Waals surface area contributed by atoms with Crippen LogP contribution in [0.1, 0.15) is 97.3 Å². The fourth-order valence-electron chi connectivity index (χ4n) is 3.13. The molecule has 0 fully saturated rings. The highest BCUT2D eigenvalue weighted by Gasteiger charge is 2.22. The van der Waals surface area contributed by atoms with Crippen LogP contribution >= 0.6 is 7.82 Å². The Labute approximate surface area is 221 Å². The first-order chi connectivity index (χ1) is 17.8. The minimum atomic E-state index is -4.79. The molecule has 0 aliphatic rings. The van der Waals surface area contributed by atoms with Crippen LogP contribution in [-0.4, -0.2) is 41.0 Å². The van der Waals surface area contributed by atoms with Crippen molar-refractivity contribution in [3.8, 4) is 47.4 Å². The summed E-state index contributed by atoms with van der Waals surface area (Å²) < 4.78 is 25.5. The van der Waals surface area contributed by atoms with E-state index >= 15 is 0 Å². The lowest BCUT2D eigenvalue weighted by molar-refractivity contribution is -0.158. The fraction of sp³-hybridized carbons (Fsp3) is 0.643. The van der Waals surface area contributed by atoms with Crippen LogP contribution in [0.2, 0.25) is 0 Å². The van der Waals surface area contributed by atoms with Gasteiger partial charge in [-0.25, -0.2) is 9.36 Å². The Morgan fingerprint density at radius 3 is 1.81 bits per heavy atom. The number of rotatable bonds is 19. The standard InChI is InChI=1S/C28H39O8P/c1-3-5-7-9-11-12-13-14-15-17-19-21-23-28(30)36-26(25-35-37(31,32)33)24-34-27(29)22-20-18-16-10-8-6-4-2/h26H,3,5,7,9,11-15,17,19,21,23-25H2,1-2H3,(H2,31,32,33)/t26-/m0/s1. The largest absolute Gasteiger partial charge is 0.469 e. The molecule has 204 valence electrons. The van der Waals surface area contributed by atoms with E-state index in [2.05, 4.69) is 58.8 Å². The van der Waals surface area contributed by atoms with Gasteiger partial charge in [0.25, 0.3) is 0 Å². The van der Waals surface area contributed by atoms with Gasteiger partial charge in [0, 0.05) is 12.3 Å². The number of hydrogen-bond acceptors (Lipinski definition) is 6. The van der Waals surface area contributed by atoms with E-state index < -0.39 is 39.1 Å². The molecule has 0 aromatic heterocycles. The summed E-state index contributed by atoms with van der Waals surface area (Å²) in [5.41, 5.74) is 0. The Bertz CT molecular complexity index is 953. The summed E-state index contributed by atoms with van der Waals surface area (Å²) in [6, 6.07) is 0. The van der Waals surface area contributed by atoms with Crippen molar-refractivity contribution in [3.05, 3.63) is 0 Å². The van der Waals surface area contributed by atoms with Gasteiger partial charge in [0.2, 0.25) is 0 Å². The smallest absolute Gasteiger partial charge is 0.456 e. The Morgan fingerprint density at radius 1 is 0.757 bits per heavy atom. The lowest BCUT2D eigenvalue weighted by atomic mass is 10.0. The molecule has 37 heavy (non-hydrogen) atoms. The van der Waals surface area contributed by atoms with Crippen molar-refractivity contribution in [2.24, 2.45) is 0 Å². The Hall–Kier alpha value is -2.71. The molecule has 0 amide bonds. The zero-order valence-electron chi connectivity index (χ0n) is 22.0. The minimum absolute atomic E-state index is 0.149. The van der Waals surface area contributed by atoms with E-state index in [1.54, 1.807) is 6.92 Å². The first-order valence-corrected chi connectivity index (χ1v) is 14.3. The van der Waals surface area contributed by atoms with E-state index in [0.717, 1.165) is 19.3 Å². The van der Waals surface area contributed by atoms with Crippen molar-refractivity contribution < 1.29 is 37.9 Å². The molecule has 9 heteroatoms. The molecule has 0 heterocycles. The number of unbranched alkanes of at least 4 members (excludes halogenated alkanes) is 11. The van der Waals surface area contributed by atoms with Crippen LogP contribution in [0.15, 0.2) is 0 Å². The quantitative estimate of drug-likeness (QED) is 0.0807. The molecule has 2 N–H and O–H groups in total. The predicted octanol–water partition coefficient (Wildman–Crippen LogP) is 4.68. The van der Waals surface area contributed by atoms with Crippen molar-refractivity contribution in [1.82, 2.24) is 0 Å². The van der Waals surface area contributed by atoms with Crippen molar-refractivity contribution in [1.29, 1.82) is 0 Å². The second-order valence-electron chi connectivity index (χ2n) is 8.26. The van der Waals surface area contributed by atoms with Crippen LogP contribution in [0.4, 0.5) is 0 Å². The highest BCUT2D eigenvalue weighted by Crippen LogP contribution is 2.35. The summed E-state index contributed by atoms with van der Waals surface area (Å²) in [7, 11) is -4.79. The molecule has 0 aliphatic carbocycles. The van der Waals surface area contributed by atoms with Crippen LogP contribution in [0.25, 0.3) is 0 Å². The third-order valence-electron chi connectivity index (χ3n) is 4.96. The molecule has 0 saturated carbocycles. The number of carbonyl (C=O) groups is 2. The number of phosphoric ester groups is 1. The van der Waals surface area contributed by atoms with Crippen LogP contribution < -0.4 is 0 Å². The summed E-state index contributed by atoms with van der Waals surface area (Å²) in [4.78, 5) is 41.7. The topological polar surface area (TPSA) is 119 Å². The maximum Gasteiger partial charge on any atom is 0.469 e. The van der Waals surface area contributed by atoms with Crippen LogP contribution in [-0.2, 0) is 28.2 Å². The summed E-state index contributed by atoms with van der Waals surface area (Å²) in [5.74, 6) is 17.5. The van der Waals surface area contributed by atoms with Gasteiger partial charge in [0.15, 0.2) is 6.10 Å². The van der Waals surface area contributed by atoms with E-state index in [4.69, 9.17) is 19.3 Å². The number of ether oxygens (including phenoxy) is 2. The molecule has 0 radical (unpaired) electrons. The van der Waals surface area contributed by atoms with Gasteiger partial charge >= 0.3 is 19.8 Å². The lowest BCUT2D eigenvalue weighted by Crippen LogP contribution is -2.29. The molecule has 0 aliphatic heterocycles. The number of phosphoric acid groups is 1. The van der Waals surface area contributed by atoms with Gasteiger partial charge in [-0.15, -0.1) is 0 Å². The Kier molecular flexibility index (Phi) is 21.9. The molecule has 0 rings (SSSR count). The molecule has 0 aromatic carbocycles. The van der Waals surface area contributed by atoms with Crippen molar-refractivity contribution in [3.63, 3.8) is 0 Å². The SMILES string of the molecule is CC#CC#CC#CC#CC(=O)OC[C@@H](COP(=O)(O)O)OC(=O)CCCCCCCCCCCCCC. The number of hydrogen-bond donors (Lipinski definition) is 2. The van der Waals surface area contributed by atoms with Crippen LogP contribution in [0.3, 0.4) is 0 Å². The second-order valence-corrected chi connectivity index (χ2v) is 9.50. The van der Waals surface area contributed by atoms with Gasteiger partial charge in [-0.3, -0.25) is 9.32 Å². The normalized spacial score (nSPS) is 10.7. The molecular formula is C28H39O8P. The lowest BCUT2D eigenvalue weighted by Gasteiger charge is -2.17. The Balaban J connectivity index is 4.29. The van der Waals surface area contributed by atoms with Crippen molar-refractivity contribution >= 4 is 19.8 Å². The molecule has 0 aromatic rings. The summed E-state index contributed by atoms with van der Waals surface area (Å²) in [6.45, 7) is 2.74. The van der Waals surface area contributed by atoms with Gasteiger partial charge in [-0.1, -0.05) is 83.5 Å². The van der Waals surface area contributed by atoms with Crippen LogP contribution in [0.5, 0.6) is 0 Å². The third-order valence-corrected chi connectivity index (χ3v) is 5.45. The van der Waals surface area contributed by atoms with E-state index in [1.165, 1.54) is 51.4 Å². The Morgan fingerprint density at radius 2 is 1.27 bits per heavy atom. The maximum atomic E-state index is 12.1. The first-order valence-electron chi connectivity index (χ1n) is 12.8. The molecule has 0 unspecified atom stereocenters.